The van der Waals surface area contributed by atoms with Crippen LogP contribution in [0.5, 0.6) is 0 Å². The molecule has 1 heterocycles. The molecule has 0 amide bonds. The van der Waals surface area contributed by atoms with Crippen LogP contribution in [0.1, 0.15) is 49.8 Å². The smallest absolute Gasteiger partial charge is 0.0108 e. The van der Waals surface area contributed by atoms with E-state index in [0.717, 1.165) is 12.8 Å². The molecule has 94 valence electrons. The zero-order chi connectivity index (χ0) is 12.1. The predicted octanol–water partition coefficient (Wildman–Crippen LogP) is 3.50. The van der Waals surface area contributed by atoms with Crippen LogP contribution >= 0.6 is 0 Å². The quantitative estimate of drug-likeness (QED) is 0.836. The van der Waals surface area contributed by atoms with E-state index in [4.69, 9.17) is 0 Å². The third-order valence-electron chi connectivity index (χ3n) is 3.99. The molecular weight excluding hydrogens is 206 g/mol. The van der Waals surface area contributed by atoms with Gasteiger partial charge in [-0.3, -0.25) is 0 Å². The second-order valence-corrected chi connectivity index (χ2v) is 5.11. The lowest BCUT2D eigenvalue weighted by molar-refractivity contribution is 0.398. The first kappa shape index (κ1) is 12.6. The van der Waals surface area contributed by atoms with Crippen LogP contribution in [0.15, 0.2) is 18.2 Å². The molecule has 1 aliphatic heterocycles. The van der Waals surface area contributed by atoms with E-state index >= 15 is 0 Å². The molecular formula is C16H25N. The first-order chi connectivity index (χ1) is 8.35. The van der Waals surface area contributed by atoms with Gasteiger partial charge in [0, 0.05) is 6.04 Å². The van der Waals surface area contributed by atoms with Crippen LogP contribution in [0.3, 0.4) is 0 Å². The summed E-state index contributed by atoms with van der Waals surface area (Å²) in [6.07, 6.45) is 7.65. The van der Waals surface area contributed by atoms with E-state index in [9.17, 15) is 0 Å². The van der Waals surface area contributed by atoms with Gasteiger partial charge in [-0.05, 0) is 55.3 Å². The van der Waals surface area contributed by atoms with Crippen molar-refractivity contribution < 1.29 is 0 Å². The molecule has 1 N–H and O–H groups in total. The molecule has 17 heavy (non-hydrogen) atoms. The minimum absolute atomic E-state index is 0.710. The number of rotatable bonds is 4. The molecule has 0 aliphatic carbocycles. The van der Waals surface area contributed by atoms with Gasteiger partial charge in [-0.2, -0.15) is 0 Å². The first-order valence-corrected chi connectivity index (χ1v) is 7.18. The van der Waals surface area contributed by atoms with Gasteiger partial charge in [0.25, 0.3) is 0 Å². The van der Waals surface area contributed by atoms with Crippen LogP contribution in [-0.4, -0.2) is 12.6 Å². The molecule has 1 aromatic rings. The van der Waals surface area contributed by atoms with Crippen molar-refractivity contribution in [2.24, 2.45) is 0 Å². The van der Waals surface area contributed by atoms with Gasteiger partial charge in [-0.25, -0.2) is 0 Å². The van der Waals surface area contributed by atoms with E-state index in [1.807, 2.05) is 0 Å². The van der Waals surface area contributed by atoms with E-state index in [-0.39, 0.29) is 0 Å². The normalized spacial score (nSPS) is 20.5. The molecule has 1 saturated heterocycles. The fourth-order valence-corrected chi connectivity index (χ4v) is 2.96. The van der Waals surface area contributed by atoms with Crippen molar-refractivity contribution in [2.75, 3.05) is 6.54 Å². The van der Waals surface area contributed by atoms with Crippen LogP contribution in [0.25, 0.3) is 0 Å². The molecule has 1 unspecified atom stereocenters. The maximum atomic E-state index is 3.67. The number of hydrogen-bond donors (Lipinski definition) is 1. The molecule has 0 bridgehead atoms. The van der Waals surface area contributed by atoms with Gasteiger partial charge in [0.1, 0.15) is 0 Å². The zero-order valence-electron chi connectivity index (χ0n) is 11.3. The lowest BCUT2D eigenvalue weighted by Crippen LogP contribution is -2.36. The lowest BCUT2D eigenvalue weighted by Gasteiger charge is -2.25. The number of nitrogens with one attached hydrogen (secondary N) is 1. The number of aryl methyl sites for hydroxylation is 2. The molecule has 0 spiro atoms. The Bertz CT molecular complexity index is 328. The lowest BCUT2D eigenvalue weighted by atomic mass is 9.90. The van der Waals surface area contributed by atoms with Crippen LogP contribution in [-0.2, 0) is 19.3 Å². The number of benzene rings is 1. The molecule has 0 saturated carbocycles. The molecule has 1 atom stereocenters. The van der Waals surface area contributed by atoms with Crippen molar-refractivity contribution in [1.82, 2.24) is 5.32 Å². The predicted molar refractivity (Wildman–Crippen MR) is 74.5 cm³/mol. The van der Waals surface area contributed by atoms with E-state index in [1.165, 1.54) is 32.2 Å². The molecule has 0 radical (unpaired) electrons. The van der Waals surface area contributed by atoms with Crippen molar-refractivity contribution in [2.45, 2.75) is 58.4 Å². The third-order valence-corrected chi connectivity index (χ3v) is 3.99. The Balaban J connectivity index is 2.16. The van der Waals surface area contributed by atoms with E-state index in [2.05, 4.69) is 37.4 Å². The second kappa shape index (κ2) is 6.20. The average molecular weight is 231 g/mol. The highest BCUT2D eigenvalue weighted by Gasteiger charge is 2.16. The van der Waals surface area contributed by atoms with Crippen molar-refractivity contribution in [3.05, 3.63) is 34.9 Å². The zero-order valence-corrected chi connectivity index (χ0v) is 11.3. The van der Waals surface area contributed by atoms with Crippen molar-refractivity contribution in [3.63, 3.8) is 0 Å². The maximum absolute atomic E-state index is 3.67. The van der Waals surface area contributed by atoms with E-state index in [0.29, 0.717) is 6.04 Å². The summed E-state index contributed by atoms with van der Waals surface area (Å²) < 4.78 is 0. The topological polar surface area (TPSA) is 12.0 Å². The fourth-order valence-electron chi connectivity index (χ4n) is 2.96. The summed E-state index contributed by atoms with van der Waals surface area (Å²) in [5.74, 6) is 0. The summed E-state index contributed by atoms with van der Waals surface area (Å²) in [5, 5.41) is 3.67. The first-order valence-electron chi connectivity index (χ1n) is 7.18. The summed E-state index contributed by atoms with van der Waals surface area (Å²) in [7, 11) is 0. The minimum atomic E-state index is 0.710. The summed E-state index contributed by atoms with van der Waals surface area (Å²) in [4.78, 5) is 0. The van der Waals surface area contributed by atoms with Crippen molar-refractivity contribution in [1.29, 1.82) is 0 Å². The maximum Gasteiger partial charge on any atom is 0.0108 e. The Morgan fingerprint density at radius 3 is 2.35 bits per heavy atom. The van der Waals surface area contributed by atoms with Gasteiger partial charge >= 0.3 is 0 Å². The average Bonchev–Trinajstić information content (AvgIpc) is 2.40. The third kappa shape index (κ3) is 3.10. The van der Waals surface area contributed by atoms with Gasteiger partial charge < -0.3 is 5.32 Å². The summed E-state index contributed by atoms with van der Waals surface area (Å²) in [6.45, 7) is 5.75. The van der Waals surface area contributed by atoms with Crippen molar-refractivity contribution >= 4 is 0 Å². The Labute approximate surface area is 106 Å². The molecule has 1 fully saturated rings. The van der Waals surface area contributed by atoms with Crippen LogP contribution in [0, 0.1) is 0 Å². The van der Waals surface area contributed by atoms with E-state index in [1.54, 1.807) is 16.7 Å². The molecule has 1 nitrogen and oxygen atoms in total. The van der Waals surface area contributed by atoms with Crippen LogP contribution in [0.2, 0.25) is 0 Å². The van der Waals surface area contributed by atoms with Gasteiger partial charge in [-0.15, -0.1) is 0 Å². The largest absolute Gasteiger partial charge is 0.314 e. The molecule has 2 rings (SSSR count). The second-order valence-electron chi connectivity index (χ2n) is 5.11. The summed E-state index contributed by atoms with van der Waals surface area (Å²) in [6, 6.07) is 7.53. The SMILES string of the molecule is CCc1cccc(CC)c1CC1CCCCN1. The Morgan fingerprint density at radius 1 is 1.12 bits per heavy atom. The molecule has 1 aromatic carbocycles. The van der Waals surface area contributed by atoms with Gasteiger partial charge in [0.15, 0.2) is 0 Å². The highest BCUT2D eigenvalue weighted by Crippen LogP contribution is 2.21. The van der Waals surface area contributed by atoms with E-state index < -0.39 is 0 Å². The highest BCUT2D eigenvalue weighted by atomic mass is 14.9. The molecule has 1 heteroatoms. The summed E-state index contributed by atoms with van der Waals surface area (Å²) in [5.41, 5.74) is 4.73. The van der Waals surface area contributed by atoms with Gasteiger partial charge in [-0.1, -0.05) is 38.5 Å². The fraction of sp³-hybridized carbons (Fsp3) is 0.625. The Hall–Kier alpha value is -0.820. The summed E-state index contributed by atoms with van der Waals surface area (Å²) >= 11 is 0. The molecule has 1 aliphatic rings. The monoisotopic (exact) mass is 231 g/mol. The van der Waals surface area contributed by atoms with Gasteiger partial charge in [0.2, 0.25) is 0 Å². The molecule has 0 aromatic heterocycles. The van der Waals surface area contributed by atoms with Crippen LogP contribution < -0.4 is 5.32 Å². The van der Waals surface area contributed by atoms with Crippen molar-refractivity contribution in [3.8, 4) is 0 Å². The minimum Gasteiger partial charge on any atom is -0.314 e. The Morgan fingerprint density at radius 2 is 1.82 bits per heavy atom. The number of hydrogen-bond acceptors (Lipinski definition) is 1. The van der Waals surface area contributed by atoms with Gasteiger partial charge in [0.05, 0.1) is 0 Å². The number of piperidine rings is 1. The standard InChI is InChI=1S/C16H25N/c1-3-13-8-7-9-14(4-2)16(13)12-15-10-5-6-11-17-15/h7-9,15,17H,3-6,10-12H2,1-2H3. The Kier molecular flexibility index (Phi) is 4.61. The van der Waals surface area contributed by atoms with Crippen LogP contribution in [0.4, 0.5) is 0 Å². The highest BCUT2D eigenvalue weighted by molar-refractivity contribution is 5.36.